The topological polar surface area (TPSA) is 103 Å². The summed E-state index contributed by atoms with van der Waals surface area (Å²) in [4.78, 5) is 13.3. The van der Waals surface area contributed by atoms with Crippen LogP contribution in [0.5, 0.6) is 6.01 Å². The quantitative estimate of drug-likeness (QED) is 0.290. The van der Waals surface area contributed by atoms with E-state index in [1.807, 2.05) is 11.0 Å². The number of thiophene rings is 1. The van der Waals surface area contributed by atoms with Gasteiger partial charge in [-0.2, -0.15) is 15.2 Å². The fourth-order valence-electron chi connectivity index (χ4n) is 7.84. The standard InChI is InChI=1S/C31H29F4N7OS/c32-15-9-31(6-1-7-42(31)11-15)14-43-30-39-26-19(29(40-30)41-12-16-2-3-17(13-41)38-16)8-22(34)24(25(26)35)18-4-5-21(33)27-23(18)20(10-36)28(37)44-27/h4-5,8,15-17,38H,1-3,6-7,9,11-14,37H2/t15-,16-,17+,31+/m1/s1. The number of benzene rings is 2. The SMILES string of the molecule is N#Cc1c(N)sc2c(F)ccc(-c3c(F)cc4c(N5C[C@H]6CC[C@@H](C5)N6)nc(OC[C@@]56CCCN5C[C@H](F)C6)nc4c3F)c12. The van der Waals surface area contributed by atoms with Crippen LogP contribution in [0.1, 0.15) is 37.7 Å². The fourth-order valence-corrected chi connectivity index (χ4v) is 8.79. The molecule has 2 bridgehead atoms. The van der Waals surface area contributed by atoms with E-state index in [1.54, 1.807) is 0 Å². The molecule has 4 atom stereocenters. The molecule has 13 heteroatoms. The molecular weight excluding hydrogens is 594 g/mol. The molecule has 0 radical (unpaired) electrons. The maximum absolute atomic E-state index is 16.7. The van der Waals surface area contributed by atoms with E-state index >= 15 is 8.78 Å². The number of anilines is 2. The fraction of sp³-hybridized carbons (Fsp3) is 0.452. The largest absolute Gasteiger partial charge is 0.461 e. The minimum atomic E-state index is -0.974. The maximum Gasteiger partial charge on any atom is 0.319 e. The van der Waals surface area contributed by atoms with Crippen LogP contribution in [0.3, 0.4) is 0 Å². The smallest absolute Gasteiger partial charge is 0.319 e. The number of nitriles is 1. The lowest BCUT2D eigenvalue weighted by molar-refractivity contribution is 0.107. The highest BCUT2D eigenvalue weighted by Gasteiger charge is 2.49. The Balaban J connectivity index is 1.29. The summed E-state index contributed by atoms with van der Waals surface area (Å²) >= 11 is 0.856. The van der Waals surface area contributed by atoms with Crippen LogP contribution in [0.4, 0.5) is 28.4 Å². The van der Waals surface area contributed by atoms with Crippen LogP contribution in [0.15, 0.2) is 18.2 Å². The van der Waals surface area contributed by atoms with Crippen molar-refractivity contribution >= 4 is 43.1 Å². The summed E-state index contributed by atoms with van der Waals surface area (Å²) in [7, 11) is 0. The van der Waals surface area contributed by atoms with Crippen molar-refractivity contribution in [2.45, 2.75) is 55.9 Å². The Bertz CT molecular complexity index is 1870. The maximum atomic E-state index is 16.7. The highest BCUT2D eigenvalue weighted by Crippen LogP contribution is 2.45. The molecule has 4 aliphatic rings. The Morgan fingerprint density at radius 3 is 2.70 bits per heavy atom. The molecule has 0 unspecified atom stereocenters. The zero-order valence-corrected chi connectivity index (χ0v) is 24.5. The first-order chi connectivity index (χ1) is 21.2. The molecule has 2 aromatic carbocycles. The summed E-state index contributed by atoms with van der Waals surface area (Å²) in [5, 5.41) is 13.6. The molecule has 228 valence electrons. The van der Waals surface area contributed by atoms with E-state index in [0.29, 0.717) is 31.9 Å². The number of nitrogens with two attached hydrogens (primary N) is 1. The number of nitrogens with zero attached hydrogens (tertiary/aromatic N) is 5. The van der Waals surface area contributed by atoms with Gasteiger partial charge in [-0.15, -0.1) is 11.3 Å². The van der Waals surface area contributed by atoms with Gasteiger partial charge in [0.05, 0.1) is 21.4 Å². The second kappa shape index (κ2) is 10.2. The molecule has 3 N–H and O–H groups in total. The van der Waals surface area contributed by atoms with Crippen molar-refractivity contribution in [3.63, 3.8) is 0 Å². The Labute approximate surface area is 254 Å². The average molecular weight is 624 g/mol. The molecule has 4 aliphatic heterocycles. The number of alkyl halides is 1. The first kappa shape index (κ1) is 27.8. The van der Waals surface area contributed by atoms with Crippen LogP contribution in [0, 0.1) is 28.8 Å². The van der Waals surface area contributed by atoms with Gasteiger partial charge in [-0.1, -0.05) is 6.07 Å². The number of aromatic nitrogens is 2. The van der Waals surface area contributed by atoms with Crippen LogP contribution in [-0.4, -0.2) is 71.4 Å². The summed E-state index contributed by atoms with van der Waals surface area (Å²) < 4.78 is 68.2. The van der Waals surface area contributed by atoms with E-state index in [9.17, 15) is 14.0 Å². The lowest BCUT2D eigenvalue weighted by Gasteiger charge is -2.34. The summed E-state index contributed by atoms with van der Waals surface area (Å²) in [5.41, 5.74) is 4.90. The third kappa shape index (κ3) is 4.22. The predicted molar refractivity (Wildman–Crippen MR) is 160 cm³/mol. The Morgan fingerprint density at radius 1 is 1.14 bits per heavy atom. The van der Waals surface area contributed by atoms with E-state index < -0.39 is 34.7 Å². The van der Waals surface area contributed by atoms with Crippen LogP contribution in [0.2, 0.25) is 0 Å². The minimum Gasteiger partial charge on any atom is -0.461 e. The van der Waals surface area contributed by atoms with E-state index in [0.717, 1.165) is 49.6 Å². The van der Waals surface area contributed by atoms with Crippen molar-refractivity contribution in [3.05, 3.63) is 41.2 Å². The molecule has 8 nitrogen and oxygen atoms in total. The Hall–Kier alpha value is -3.73. The number of nitrogen functional groups attached to an aromatic ring is 1. The van der Waals surface area contributed by atoms with Crippen LogP contribution < -0.4 is 20.7 Å². The molecule has 4 saturated heterocycles. The van der Waals surface area contributed by atoms with Crippen molar-refractivity contribution in [2.75, 3.05) is 43.4 Å². The van der Waals surface area contributed by atoms with E-state index in [2.05, 4.69) is 15.2 Å². The number of piperazine rings is 1. The number of rotatable bonds is 5. The minimum absolute atomic E-state index is 0.00563. The highest BCUT2D eigenvalue weighted by molar-refractivity contribution is 7.23. The van der Waals surface area contributed by atoms with Crippen LogP contribution in [0.25, 0.3) is 32.1 Å². The second-order valence-corrected chi connectivity index (χ2v) is 13.5. The van der Waals surface area contributed by atoms with Gasteiger partial charge in [0.2, 0.25) is 0 Å². The van der Waals surface area contributed by atoms with E-state index in [-0.39, 0.29) is 61.8 Å². The lowest BCUT2D eigenvalue weighted by Crippen LogP contribution is -2.51. The van der Waals surface area contributed by atoms with E-state index in [4.69, 9.17) is 15.5 Å². The van der Waals surface area contributed by atoms with Gasteiger partial charge in [0.25, 0.3) is 0 Å². The molecule has 0 saturated carbocycles. The van der Waals surface area contributed by atoms with Crippen molar-refractivity contribution in [1.29, 1.82) is 5.26 Å². The molecule has 4 fully saturated rings. The first-order valence-electron chi connectivity index (χ1n) is 14.9. The van der Waals surface area contributed by atoms with E-state index in [1.165, 1.54) is 12.1 Å². The number of hydrogen-bond donors (Lipinski definition) is 2. The van der Waals surface area contributed by atoms with Crippen molar-refractivity contribution in [1.82, 2.24) is 20.2 Å². The number of hydrogen-bond acceptors (Lipinski definition) is 9. The number of fused-ring (bicyclic) bond motifs is 5. The highest BCUT2D eigenvalue weighted by atomic mass is 32.1. The number of halogens is 4. The van der Waals surface area contributed by atoms with Gasteiger partial charge in [0, 0.05) is 48.9 Å². The third-order valence-electron chi connectivity index (χ3n) is 9.79. The zero-order valence-electron chi connectivity index (χ0n) is 23.7. The van der Waals surface area contributed by atoms with Crippen LogP contribution >= 0.6 is 11.3 Å². The normalized spacial score (nSPS) is 26.5. The van der Waals surface area contributed by atoms with Gasteiger partial charge in [-0.05, 0) is 49.9 Å². The molecule has 0 spiro atoms. The Morgan fingerprint density at radius 2 is 1.93 bits per heavy atom. The number of ether oxygens (including phenoxy) is 1. The summed E-state index contributed by atoms with van der Waals surface area (Å²) in [6, 6.07) is 5.91. The molecule has 44 heavy (non-hydrogen) atoms. The third-order valence-corrected chi connectivity index (χ3v) is 10.8. The monoisotopic (exact) mass is 623 g/mol. The van der Waals surface area contributed by atoms with Crippen molar-refractivity contribution in [2.24, 2.45) is 0 Å². The molecule has 0 amide bonds. The number of nitrogens with one attached hydrogen (secondary N) is 1. The Kier molecular flexibility index (Phi) is 6.41. The van der Waals surface area contributed by atoms with Gasteiger partial charge in [0.15, 0.2) is 5.82 Å². The van der Waals surface area contributed by atoms with Gasteiger partial charge >= 0.3 is 6.01 Å². The molecule has 2 aromatic heterocycles. The first-order valence-corrected chi connectivity index (χ1v) is 15.7. The lowest BCUT2D eigenvalue weighted by atomic mass is 9.95. The van der Waals surface area contributed by atoms with Gasteiger partial charge < -0.3 is 20.7 Å². The van der Waals surface area contributed by atoms with Gasteiger partial charge in [-0.25, -0.2) is 17.6 Å². The molecule has 6 heterocycles. The average Bonchev–Trinajstić information content (AvgIpc) is 3.73. The molecule has 0 aliphatic carbocycles. The predicted octanol–water partition coefficient (Wildman–Crippen LogP) is 5.28. The van der Waals surface area contributed by atoms with Crippen molar-refractivity contribution < 1.29 is 22.3 Å². The molecular formula is C31H29F4N7OS. The zero-order chi connectivity index (χ0) is 30.3. The summed E-state index contributed by atoms with van der Waals surface area (Å²) in [6.45, 7) is 2.51. The molecule has 4 aromatic rings. The van der Waals surface area contributed by atoms with Crippen LogP contribution in [-0.2, 0) is 0 Å². The van der Waals surface area contributed by atoms with Gasteiger partial charge in [0.1, 0.15) is 46.8 Å². The summed E-state index contributed by atoms with van der Waals surface area (Å²) in [6.07, 6.45) is 3.12. The van der Waals surface area contributed by atoms with Gasteiger partial charge in [-0.3, -0.25) is 4.90 Å². The summed E-state index contributed by atoms with van der Waals surface area (Å²) in [5.74, 6) is -2.14. The van der Waals surface area contributed by atoms with Crippen molar-refractivity contribution in [3.8, 4) is 23.2 Å². The second-order valence-electron chi connectivity index (χ2n) is 12.4. The molecule has 8 rings (SSSR count).